The van der Waals surface area contributed by atoms with E-state index in [-0.39, 0.29) is 5.91 Å². The van der Waals surface area contributed by atoms with Crippen LogP contribution in [0.5, 0.6) is 5.75 Å². The smallest absolute Gasteiger partial charge is 0.289 e. The summed E-state index contributed by atoms with van der Waals surface area (Å²) in [5, 5.41) is 11.5. The monoisotopic (exact) mass is 417 g/mol. The third kappa shape index (κ3) is 4.18. The standard InChI is InChI=1S/C24H27N5O2/c1-31-21-9-7-18(8-10-21)13-28-14-19-11-22-26-27-23(29(22)16-20(19)15-28)24(30)25-12-17-5-3-2-4-6-17/h2-10,19-20H,11-16H2,1H3,(H,25,30)/t19-,20-/m1/s1. The van der Waals surface area contributed by atoms with Crippen molar-refractivity contribution in [1.82, 2.24) is 25.0 Å². The molecule has 1 aromatic heterocycles. The minimum atomic E-state index is -0.158. The lowest BCUT2D eigenvalue weighted by Crippen LogP contribution is -2.32. The summed E-state index contributed by atoms with van der Waals surface area (Å²) in [6, 6.07) is 18.2. The summed E-state index contributed by atoms with van der Waals surface area (Å²) in [5.41, 5.74) is 2.36. The van der Waals surface area contributed by atoms with Gasteiger partial charge in [-0.3, -0.25) is 9.69 Å². The maximum Gasteiger partial charge on any atom is 0.289 e. The molecule has 0 aliphatic carbocycles. The molecule has 2 atom stereocenters. The Morgan fingerprint density at radius 2 is 1.77 bits per heavy atom. The van der Waals surface area contributed by atoms with Gasteiger partial charge in [0.05, 0.1) is 7.11 Å². The van der Waals surface area contributed by atoms with Crippen LogP contribution in [-0.2, 0) is 26.1 Å². The fourth-order valence-corrected chi connectivity index (χ4v) is 4.76. The van der Waals surface area contributed by atoms with E-state index in [1.165, 1.54) is 5.56 Å². The fourth-order valence-electron chi connectivity index (χ4n) is 4.76. The van der Waals surface area contributed by atoms with Gasteiger partial charge in [-0.15, -0.1) is 10.2 Å². The number of aromatic nitrogens is 3. The van der Waals surface area contributed by atoms with E-state index in [2.05, 4.69) is 32.5 Å². The quantitative estimate of drug-likeness (QED) is 0.667. The highest BCUT2D eigenvalue weighted by Gasteiger charge is 2.39. The molecule has 1 amide bonds. The van der Waals surface area contributed by atoms with E-state index < -0.39 is 0 Å². The van der Waals surface area contributed by atoms with Gasteiger partial charge >= 0.3 is 0 Å². The highest BCUT2D eigenvalue weighted by molar-refractivity contribution is 5.90. The molecule has 2 aliphatic heterocycles. The van der Waals surface area contributed by atoms with Crippen molar-refractivity contribution in [2.45, 2.75) is 26.1 Å². The SMILES string of the molecule is COc1ccc(CN2C[C@H]3Cc4nnc(C(=O)NCc5ccccc5)n4C[C@H]3C2)cc1. The molecular formula is C24H27N5O2. The summed E-state index contributed by atoms with van der Waals surface area (Å²) >= 11 is 0. The molecular weight excluding hydrogens is 390 g/mol. The number of hydrogen-bond donors (Lipinski definition) is 1. The number of likely N-dealkylation sites (tertiary alicyclic amines) is 1. The van der Waals surface area contributed by atoms with E-state index in [4.69, 9.17) is 4.74 Å². The van der Waals surface area contributed by atoms with Crippen molar-refractivity contribution < 1.29 is 9.53 Å². The van der Waals surface area contributed by atoms with Crippen LogP contribution in [0.15, 0.2) is 54.6 Å². The molecule has 1 N–H and O–H groups in total. The van der Waals surface area contributed by atoms with E-state index in [0.717, 1.165) is 49.7 Å². The Labute approximate surface area is 182 Å². The van der Waals surface area contributed by atoms with Gasteiger partial charge in [-0.2, -0.15) is 0 Å². The molecule has 2 aliphatic rings. The van der Waals surface area contributed by atoms with E-state index in [9.17, 15) is 4.79 Å². The fraction of sp³-hybridized carbons (Fsp3) is 0.375. The zero-order valence-electron chi connectivity index (χ0n) is 17.7. The second-order valence-corrected chi connectivity index (χ2v) is 8.49. The lowest BCUT2D eigenvalue weighted by atomic mass is 9.89. The van der Waals surface area contributed by atoms with Gasteiger partial charge in [0.25, 0.3) is 5.91 Å². The number of methoxy groups -OCH3 is 1. The zero-order valence-corrected chi connectivity index (χ0v) is 17.7. The number of carbonyl (C=O) groups excluding carboxylic acids is 1. The summed E-state index contributed by atoms with van der Waals surface area (Å²) in [6.45, 7) is 4.31. The molecule has 2 aromatic carbocycles. The zero-order chi connectivity index (χ0) is 21.2. The number of hydrogen-bond acceptors (Lipinski definition) is 5. The van der Waals surface area contributed by atoms with Crippen LogP contribution in [0, 0.1) is 11.8 Å². The van der Waals surface area contributed by atoms with Crippen LogP contribution in [-0.4, -0.2) is 45.8 Å². The molecule has 160 valence electrons. The highest BCUT2D eigenvalue weighted by atomic mass is 16.5. The average Bonchev–Trinajstić information content (AvgIpc) is 3.39. The summed E-state index contributed by atoms with van der Waals surface area (Å²) < 4.78 is 7.28. The molecule has 0 bridgehead atoms. The van der Waals surface area contributed by atoms with Crippen LogP contribution in [0.4, 0.5) is 0 Å². The molecule has 1 fully saturated rings. The van der Waals surface area contributed by atoms with Gasteiger partial charge in [0.1, 0.15) is 11.6 Å². The Kier molecular flexibility index (Phi) is 5.42. The summed E-state index contributed by atoms with van der Waals surface area (Å²) in [6.07, 6.45) is 0.878. The van der Waals surface area contributed by atoms with Crippen molar-refractivity contribution in [3.63, 3.8) is 0 Å². The lowest BCUT2D eigenvalue weighted by molar-refractivity contribution is 0.0932. The number of carbonyl (C=O) groups is 1. The average molecular weight is 418 g/mol. The minimum Gasteiger partial charge on any atom is -0.497 e. The van der Waals surface area contributed by atoms with E-state index in [0.29, 0.717) is 24.2 Å². The maximum absolute atomic E-state index is 12.7. The van der Waals surface area contributed by atoms with Gasteiger partial charge < -0.3 is 14.6 Å². The number of nitrogens with zero attached hydrogens (tertiary/aromatic N) is 4. The molecule has 31 heavy (non-hydrogen) atoms. The van der Waals surface area contributed by atoms with Gasteiger partial charge in [-0.05, 0) is 35.1 Å². The van der Waals surface area contributed by atoms with Crippen LogP contribution in [0.2, 0.25) is 0 Å². The first-order chi connectivity index (χ1) is 15.2. The molecule has 0 radical (unpaired) electrons. The Morgan fingerprint density at radius 3 is 2.55 bits per heavy atom. The molecule has 0 unspecified atom stereocenters. The normalized spacial score (nSPS) is 20.2. The first-order valence-corrected chi connectivity index (χ1v) is 10.8. The summed E-state index contributed by atoms with van der Waals surface area (Å²) in [5.74, 6) is 3.16. The van der Waals surface area contributed by atoms with E-state index in [1.54, 1.807) is 7.11 Å². The minimum absolute atomic E-state index is 0.158. The number of fused-ring (bicyclic) bond motifs is 2. The molecule has 7 heteroatoms. The van der Waals surface area contributed by atoms with Crippen molar-refractivity contribution in [1.29, 1.82) is 0 Å². The Hall–Kier alpha value is -3.19. The van der Waals surface area contributed by atoms with E-state index >= 15 is 0 Å². The number of ether oxygens (including phenoxy) is 1. The van der Waals surface area contributed by atoms with Crippen LogP contribution in [0.1, 0.15) is 27.6 Å². The van der Waals surface area contributed by atoms with Crippen molar-refractivity contribution >= 4 is 5.91 Å². The van der Waals surface area contributed by atoms with Crippen LogP contribution >= 0.6 is 0 Å². The second-order valence-electron chi connectivity index (χ2n) is 8.49. The van der Waals surface area contributed by atoms with E-state index in [1.807, 2.05) is 47.0 Å². The maximum atomic E-state index is 12.7. The molecule has 7 nitrogen and oxygen atoms in total. The molecule has 0 saturated carbocycles. The predicted molar refractivity (Wildman–Crippen MR) is 117 cm³/mol. The van der Waals surface area contributed by atoms with Crippen LogP contribution in [0.25, 0.3) is 0 Å². The van der Waals surface area contributed by atoms with Crippen molar-refractivity contribution in [2.75, 3.05) is 20.2 Å². The van der Waals surface area contributed by atoms with Crippen LogP contribution < -0.4 is 10.1 Å². The number of nitrogens with one attached hydrogen (secondary N) is 1. The topological polar surface area (TPSA) is 72.3 Å². The van der Waals surface area contributed by atoms with Gasteiger partial charge in [0.15, 0.2) is 0 Å². The molecule has 3 heterocycles. The third-order valence-electron chi connectivity index (χ3n) is 6.41. The lowest BCUT2D eigenvalue weighted by Gasteiger charge is -2.25. The highest BCUT2D eigenvalue weighted by Crippen LogP contribution is 2.33. The van der Waals surface area contributed by atoms with Crippen molar-refractivity contribution in [2.24, 2.45) is 11.8 Å². The largest absolute Gasteiger partial charge is 0.497 e. The molecule has 1 saturated heterocycles. The summed E-state index contributed by atoms with van der Waals surface area (Å²) in [4.78, 5) is 15.3. The Balaban J connectivity index is 1.22. The van der Waals surface area contributed by atoms with Gasteiger partial charge in [0, 0.05) is 39.1 Å². The molecule has 0 spiro atoms. The Morgan fingerprint density at radius 1 is 1.00 bits per heavy atom. The van der Waals surface area contributed by atoms with Crippen LogP contribution in [0.3, 0.4) is 0 Å². The number of amides is 1. The molecule has 5 rings (SSSR count). The number of benzene rings is 2. The molecule has 3 aromatic rings. The van der Waals surface area contributed by atoms with Gasteiger partial charge in [-0.1, -0.05) is 42.5 Å². The van der Waals surface area contributed by atoms with Crippen molar-refractivity contribution in [3.8, 4) is 5.75 Å². The first-order valence-electron chi connectivity index (χ1n) is 10.8. The van der Waals surface area contributed by atoms with Gasteiger partial charge in [0.2, 0.25) is 5.82 Å². The predicted octanol–water partition coefficient (Wildman–Crippen LogP) is 2.52. The first kappa shape index (κ1) is 19.8. The second kappa shape index (κ2) is 8.51. The van der Waals surface area contributed by atoms with Crippen molar-refractivity contribution in [3.05, 3.63) is 77.4 Å². The van der Waals surface area contributed by atoms with Gasteiger partial charge in [-0.25, -0.2) is 0 Å². The third-order valence-corrected chi connectivity index (χ3v) is 6.41. The number of rotatable bonds is 6. The Bertz CT molecular complexity index is 1050. The summed E-state index contributed by atoms with van der Waals surface area (Å²) in [7, 11) is 1.69.